The van der Waals surface area contributed by atoms with Gasteiger partial charge in [0.2, 0.25) is 11.8 Å². The maximum atomic E-state index is 13.1. The first-order valence-electron chi connectivity index (χ1n) is 12.7. The van der Waals surface area contributed by atoms with Crippen LogP contribution >= 0.6 is 23.4 Å². The number of rotatable bonds is 10. The number of nitrogens with one attached hydrogen (secondary N) is 2. The molecule has 13 heteroatoms. The van der Waals surface area contributed by atoms with Crippen molar-refractivity contribution in [1.29, 1.82) is 0 Å². The second-order valence-corrected chi connectivity index (χ2v) is 10.6. The number of aryl methyl sites for hydroxylation is 1. The van der Waals surface area contributed by atoms with E-state index in [1.807, 2.05) is 44.2 Å². The summed E-state index contributed by atoms with van der Waals surface area (Å²) in [5, 5.41) is 14.2. The summed E-state index contributed by atoms with van der Waals surface area (Å²) in [4.78, 5) is 25.4. The quantitative estimate of drug-likeness (QED) is 0.207. The summed E-state index contributed by atoms with van der Waals surface area (Å²) in [7, 11) is 1.57. The summed E-state index contributed by atoms with van der Waals surface area (Å²) in [6, 6.07) is 15.6. The van der Waals surface area contributed by atoms with E-state index >= 15 is 0 Å². The normalized spacial score (nSPS) is 11.3. The van der Waals surface area contributed by atoms with Gasteiger partial charge in [0.05, 0.1) is 47.8 Å². The lowest BCUT2D eigenvalue weighted by atomic mass is 10.1. The Balaban J connectivity index is 1.50. The van der Waals surface area contributed by atoms with Crippen LogP contribution in [0, 0.1) is 13.8 Å². The second kappa shape index (κ2) is 13.3. The highest BCUT2D eigenvalue weighted by molar-refractivity contribution is 7.99. The largest absolute Gasteiger partial charge is 0.497 e. The van der Waals surface area contributed by atoms with Gasteiger partial charge in [-0.05, 0) is 66.9 Å². The molecule has 1 aromatic heterocycles. The summed E-state index contributed by atoms with van der Waals surface area (Å²) in [5.74, 6) is 0.153. The molecule has 0 aliphatic carbocycles. The molecule has 2 N–H and O–H groups in total. The molecule has 0 unspecified atom stereocenters. The van der Waals surface area contributed by atoms with E-state index in [-0.39, 0.29) is 35.3 Å². The molecule has 0 aliphatic heterocycles. The van der Waals surface area contributed by atoms with Crippen LogP contribution in [0.5, 0.6) is 5.75 Å². The zero-order valence-electron chi connectivity index (χ0n) is 22.9. The van der Waals surface area contributed by atoms with Crippen LogP contribution in [-0.4, -0.2) is 39.4 Å². The molecule has 4 rings (SSSR count). The van der Waals surface area contributed by atoms with Crippen LogP contribution < -0.4 is 15.4 Å². The molecule has 42 heavy (non-hydrogen) atoms. The topological polar surface area (TPSA) is 98.1 Å². The molecule has 220 valence electrons. The Bertz CT molecular complexity index is 1590. The van der Waals surface area contributed by atoms with E-state index in [2.05, 4.69) is 20.8 Å². The highest BCUT2D eigenvalue weighted by Crippen LogP contribution is 2.34. The van der Waals surface area contributed by atoms with E-state index < -0.39 is 17.6 Å². The molecular weight excluding hydrogens is 591 g/mol. The molecule has 0 aliphatic rings. The molecule has 0 spiro atoms. The van der Waals surface area contributed by atoms with Crippen LogP contribution in [0.3, 0.4) is 0 Å². The SMILES string of the molecule is COc1ccc(CC(=O)NCc2nnc(SCC(=O)Nc3cc(C(F)(F)F)ccc3Cl)n2-c2cccc(C)c2C)cc1. The van der Waals surface area contributed by atoms with Crippen LogP contribution in [0.25, 0.3) is 5.69 Å². The Morgan fingerprint density at radius 2 is 1.76 bits per heavy atom. The summed E-state index contributed by atoms with van der Waals surface area (Å²) in [6.07, 6.45) is -4.43. The zero-order valence-corrected chi connectivity index (χ0v) is 24.5. The van der Waals surface area contributed by atoms with Crippen molar-refractivity contribution in [2.45, 2.75) is 38.1 Å². The van der Waals surface area contributed by atoms with Crippen LogP contribution in [0.15, 0.2) is 65.8 Å². The molecule has 0 atom stereocenters. The maximum absolute atomic E-state index is 13.1. The molecular formula is C29H27ClF3N5O3S. The smallest absolute Gasteiger partial charge is 0.416 e. The molecule has 0 fully saturated rings. The van der Waals surface area contributed by atoms with E-state index in [0.717, 1.165) is 52.3 Å². The van der Waals surface area contributed by atoms with Gasteiger partial charge in [-0.1, -0.05) is 47.6 Å². The fourth-order valence-electron chi connectivity index (χ4n) is 4.01. The lowest BCUT2D eigenvalue weighted by Crippen LogP contribution is -2.26. The molecule has 0 saturated heterocycles. The van der Waals surface area contributed by atoms with Crippen LogP contribution in [-0.2, 0) is 28.7 Å². The third-order valence-electron chi connectivity index (χ3n) is 6.38. The number of carbonyl (C=O) groups is 2. The van der Waals surface area contributed by atoms with Gasteiger partial charge >= 0.3 is 6.18 Å². The van der Waals surface area contributed by atoms with E-state index in [4.69, 9.17) is 16.3 Å². The maximum Gasteiger partial charge on any atom is 0.416 e. The zero-order chi connectivity index (χ0) is 30.4. The number of nitrogens with zero attached hydrogens (tertiary/aromatic N) is 3. The number of hydrogen-bond acceptors (Lipinski definition) is 6. The molecule has 8 nitrogen and oxygen atoms in total. The Hall–Kier alpha value is -4.03. The Labute approximate surface area is 249 Å². The van der Waals surface area contributed by atoms with Crippen LogP contribution in [0.4, 0.5) is 18.9 Å². The average molecular weight is 618 g/mol. The van der Waals surface area contributed by atoms with Crippen molar-refractivity contribution in [2.24, 2.45) is 0 Å². The van der Waals surface area contributed by atoms with Gasteiger partial charge in [-0.25, -0.2) is 0 Å². The van der Waals surface area contributed by atoms with Gasteiger partial charge in [0.15, 0.2) is 11.0 Å². The van der Waals surface area contributed by atoms with Crippen molar-refractivity contribution in [2.75, 3.05) is 18.2 Å². The van der Waals surface area contributed by atoms with Crippen molar-refractivity contribution < 1.29 is 27.5 Å². The number of alkyl halides is 3. The highest BCUT2D eigenvalue weighted by atomic mass is 35.5. The molecule has 0 bridgehead atoms. The number of halogens is 4. The van der Waals surface area contributed by atoms with Gasteiger partial charge < -0.3 is 15.4 Å². The molecule has 0 radical (unpaired) electrons. The number of benzene rings is 3. The Morgan fingerprint density at radius 3 is 2.45 bits per heavy atom. The summed E-state index contributed by atoms with van der Waals surface area (Å²) in [5.41, 5.74) is 2.47. The van der Waals surface area contributed by atoms with Gasteiger partial charge in [0, 0.05) is 0 Å². The first kappa shape index (κ1) is 30.9. The lowest BCUT2D eigenvalue weighted by molar-refractivity contribution is -0.137. The molecule has 2 amide bonds. The van der Waals surface area contributed by atoms with E-state index in [9.17, 15) is 22.8 Å². The number of carbonyl (C=O) groups excluding carboxylic acids is 2. The monoisotopic (exact) mass is 617 g/mol. The number of hydrogen-bond donors (Lipinski definition) is 2. The molecule has 4 aromatic rings. The number of ether oxygens (including phenoxy) is 1. The van der Waals surface area contributed by atoms with Gasteiger partial charge in [0.25, 0.3) is 0 Å². The summed E-state index contributed by atoms with van der Waals surface area (Å²) < 4.78 is 46.3. The fraction of sp³-hybridized carbons (Fsp3) is 0.241. The first-order valence-corrected chi connectivity index (χ1v) is 14.0. The van der Waals surface area contributed by atoms with E-state index in [0.29, 0.717) is 16.7 Å². The Morgan fingerprint density at radius 1 is 1.02 bits per heavy atom. The van der Waals surface area contributed by atoms with Crippen molar-refractivity contribution in [1.82, 2.24) is 20.1 Å². The van der Waals surface area contributed by atoms with Crippen molar-refractivity contribution in [3.8, 4) is 11.4 Å². The van der Waals surface area contributed by atoms with Crippen LogP contribution in [0.1, 0.15) is 28.1 Å². The minimum atomic E-state index is -4.58. The number of aromatic nitrogens is 3. The van der Waals surface area contributed by atoms with E-state index in [1.165, 1.54) is 0 Å². The molecule has 0 saturated carbocycles. The van der Waals surface area contributed by atoms with Gasteiger partial charge in [-0.3, -0.25) is 14.2 Å². The number of methoxy groups -OCH3 is 1. The van der Waals surface area contributed by atoms with Crippen molar-refractivity contribution in [3.05, 3.63) is 93.8 Å². The van der Waals surface area contributed by atoms with E-state index in [1.54, 1.807) is 23.8 Å². The predicted octanol–water partition coefficient (Wildman–Crippen LogP) is 6.15. The lowest BCUT2D eigenvalue weighted by Gasteiger charge is -2.15. The summed E-state index contributed by atoms with van der Waals surface area (Å²) in [6.45, 7) is 3.97. The minimum absolute atomic E-state index is 0.0208. The fourth-order valence-corrected chi connectivity index (χ4v) is 4.94. The second-order valence-electron chi connectivity index (χ2n) is 9.28. The van der Waals surface area contributed by atoms with Gasteiger partial charge in [0.1, 0.15) is 5.75 Å². The number of thioether (sulfide) groups is 1. The third kappa shape index (κ3) is 7.62. The standard InChI is InChI=1S/C29H27ClF3N5O3S/c1-17-5-4-6-24(18(17)2)38-25(15-34-26(39)13-19-7-10-21(41-3)11-8-19)36-37-28(38)42-16-27(40)35-23-14-20(29(31,32)33)9-12-22(23)30/h4-12,14H,13,15-16H2,1-3H3,(H,34,39)(H,35,40). The van der Waals surface area contributed by atoms with Crippen molar-refractivity contribution >= 4 is 40.9 Å². The average Bonchev–Trinajstić information content (AvgIpc) is 3.35. The summed E-state index contributed by atoms with van der Waals surface area (Å²) >= 11 is 7.07. The van der Waals surface area contributed by atoms with Crippen LogP contribution in [0.2, 0.25) is 5.02 Å². The highest BCUT2D eigenvalue weighted by Gasteiger charge is 2.31. The van der Waals surface area contributed by atoms with Crippen molar-refractivity contribution in [3.63, 3.8) is 0 Å². The number of amides is 2. The first-order chi connectivity index (χ1) is 20.0. The molecule has 1 heterocycles. The van der Waals surface area contributed by atoms with Gasteiger partial charge in [-0.2, -0.15) is 13.2 Å². The predicted molar refractivity (Wildman–Crippen MR) is 155 cm³/mol. The number of anilines is 1. The Kier molecular flexibility index (Phi) is 9.79. The van der Waals surface area contributed by atoms with Gasteiger partial charge in [-0.15, -0.1) is 10.2 Å². The molecule has 3 aromatic carbocycles. The minimum Gasteiger partial charge on any atom is -0.497 e. The third-order valence-corrected chi connectivity index (χ3v) is 7.64.